The van der Waals surface area contributed by atoms with Crippen molar-refractivity contribution in [2.45, 2.75) is 13.8 Å². The molecule has 1 aromatic heterocycles. The minimum Gasteiger partial charge on any atom is -0.368 e. The Morgan fingerprint density at radius 2 is 1.94 bits per heavy atom. The van der Waals surface area contributed by atoms with Crippen molar-refractivity contribution < 1.29 is 0 Å². The number of nitrogens with zero attached hydrogens (tertiary/aromatic N) is 3. The van der Waals surface area contributed by atoms with E-state index in [2.05, 4.69) is 42.0 Å². The molecule has 2 aromatic rings. The first-order chi connectivity index (χ1) is 8.08. The van der Waals surface area contributed by atoms with E-state index < -0.39 is 0 Å². The third-order valence-corrected chi connectivity index (χ3v) is 2.72. The summed E-state index contributed by atoms with van der Waals surface area (Å²) in [5.41, 5.74) is 9.17. The van der Waals surface area contributed by atoms with Crippen LogP contribution in [0, 0.1) is 13.8 Å². The minimum absolute atomic E-state index is 0.291. The average Bonchev–Trinajstić information content (AvgIpc) is 2.28. The van der Waals surface area contributed by atoms with Crippen molar-refractivity contribution in [3.05, 3.63) is 41.6 Å². The highest BCUT2D eigenvalue weighted by Gasteiger charge is 2.08. The van der Waals surface area contributed by atoms with Crippen LogP contribution in [-0.2, 0) is 0 Å². The molecule has 0 radical (unpaired) electrons. The Bertz CT molecular complexity index is 537. The van der Waals surface area contributed by atoms with Crippen LogP contribution in [0.1, 0.15) is 11.1 Å². The van der Waals surface area contributed by atoms with Crippen molar-refractivity contribution in [2.24, 2.45) is 0 Å². The van der Waals surface area contributed by atoms with Gasteiger partial charge in [0.05, 0.1) is 0 Å². The number of rotatable bonds is 2. The number of nitrogen functional groups attached to an aromatic ring is 1. The molecule has 0 aliphatic heterocycles. The van der Waals surface area contributed by atoms with Gasteiger partial charge in [-0.3, -0.25) is 0 Å². The third kappa shape index (κ3) is 2.36. The van der Waals surface area contributed by atoms with E-state index in [4.69, 9.17) is 5.73 Å². The molecule has 0 bridgehead atoms. The topological polar surface area (TPSA) is 55.0 Å². The van der Waals surface area contributed by atoms with E-state index in [-0.39, 0.29) is 0 Å². The predicted molar refractivity (Wildman–Crippen MR) is 70.4 cm³/mol. The number of anilines is 3. The fourth-order valence-electron chi connectivity index (χ4n) is 1.86. The lowest BCUT2D eigenvalue weighted by molar-refractivity contribution is 1.08. The van der Waals surface area contributed by atoms with Gasteiger partial charge >= 0.3 is 0 Å². The van der Waals surface area contributed by atoms with Gasteiger partial charge in [0.15, 0.2) is 0 Å². The molecule has 0 unspecified atom stereocenters. The Kier molecular flexibility index (Phi) is 2.95. The van der Waals surface area contributed by atoms with E-state index in [1.54, 1.807) is 6.20 Å². The van der Waals surface area contributed by atoms with Gasteiger partial charge in [0.1, 0.15) is 5.82 Å². The molecule has 0 saturated heterocycles. The molecule has 0 aliphatic rings. The Labute approximate surface area is 101 Å². The Morgan fingerprint density at radius 1 is 1.18 bits per heavy atom. The van der Waals surface area contributed by atoms with Crippen LogP contribution in [0.25, 0.3) is 0 Å². The number of aromatic nitrogens is 2. The molecule has 1 aromatic carbocycles. The average molecular weight is 228 g/mol. The van der Waals surface area contributed by atoms with Gasteiger partial charge in [0.2, 0.25) is 5.95 Å². The lowest BCUT2D eigenvalue weighted by Crippen LogP contribution is -2.13. The van der Waals surface area contributed by atoms with Crippen molar-refractivity contribution in [2.75, 3.05) is 17.7 Å². The maximum Gasteiger partial charge on any atom is 0.221 e. The molecule has 1 heterocycles. The van der Waals surface area contributed by atoms with Crippen molar-refractivity contribution in [1.29, 1.82) is 0 Å². The quantitative estimate of drug-likeness (QED) is 0.857. The smallest absolute Gasteiger partial charge is 0.221 e. The maximum atomic E-state index is 5.59. The van der Waals surface area contributed by atoms with Gasteiger partial charge in [-0.2, -0.15) is 4.98 Å². The molecule has 0 spiro atoms. The largest absolute Gasteiger partial charge is 0.368 e. The van der Waals surface area contributed by atoms with E-state index in [1.807, 2.05) is 18.0 Å². The number of hydrogen-bond acceptors (Lipinski definition) is 4. The molecule has 0 atom stereocenters. The summed E-state index contributed by atoms with van der Waals surface area (Å²) >= 11 is 0. The van der Waals surface area contributed by atoms with Crippen LogP contribution in [0.5, 0.6) is 0 Å². The molecule has 2 N–H and O–H groups in total. The molecular formula is C13H16N4. The zero-order chi connectivity index (χ0) is 12.4. The highest BCUT2D eigenvalue weighted by Crippen LogP contribution is 2.25. The van der Waals surface area contributed by atoms with Crippen LogP contribution in [0.2, 0.25) is 0 Å². The zero-order valence-corrected chi connectivity index (χ0v) is 10.3. The van der Waals surface area contributed by atoms with Gasteiger partial charge in [-0.25, -0.2) is 4.98 Å². The first kappa shape index (κ1) is 11.4. The van der Waals surface area contributed by atoms with Gasteiger partial charge in [-0.05, 0) is 31.5 Å². The lowest BCUT2D eigenvalue weighted by Gasteiger charge is -2.20. The molecule has 0 aliphatic carbocycles. The van der Waals surface area contributed by atoms with Gasteiger partial charge < -0.3 is 10.6 Å². The maximum absolute atomic E-state index is 5.59. The number of aryl methyl sites for hydroxylation is 2. The molecule has 17 heavy (non-hydrogen) atoms. The standard InChI is InChI=1S/C13H16N4/c1-9-4-5-11(10(2)8-9)17(3)12-6-7-15-13(14)16-12/h4-8H,1-3H3,(H2,14,15,16). The van der Waals surface area contributed by atoms with Crippen molar-refractivity contribution in [3.8, 4) is 0 Å². The normalized spacial score (nSPS) is 10.3. The van der Waals surface area contributed by atoms with E-state index in [1.165, 1.54) is 11.1 Å². The van der Waals surface area contributed by atoms with Crippen LogP contribution < -0.4 is 10.6 Å². The molecule has 2 rings (SSSR count). The van der Waals surface area contributed by atoms with Crippen molar-refractivity contribution >= 4 is 17.5 Å². The number of benzene rings is 1. The Morgan fingerprint density at radius 3 is 2.59 bits per heavy atom. The zero-order valence-electron chi connectivity index (χ0n) is 10.3. The number of nitrogens with two attached hydrogens (primary N) is 1. The summed E-state index contributed by atoms with van der Waals surface area (Å²) in [6.07, 6.45) is 1.66. The van der Waals surface area contributed by atoms with Crippen LogP contribution in [-0.4, -0.2) is 17.0 Å². The highest BCUT2D eigenvalue weighted by molar-refractivity contribution is 5.63. The molecule has 0 amide bonds. The molecule has 4 nitrogen and oxygen atoms in total. The first-order valence-electron chi connectivity index (χ1n) is 5.47. The molecular weight excluding hydrogens is 212 g/mol. The molecule has 4 heteroatoms. The minimum atomic E-state index is 0.291. The monoisotopic (exact) mass is 228 g/mol. The van der Waals surface area contributed by atoms with Crippen molar-refractivity contribution in [1.82, 2.24) is 9.97 Å². The van der Waals surface area contributed by atoms with Crippen LogP contribution in [0.15, 0.2) is 30.5 Å². The molecule has 0 saturated carbocycles. The predicted octanol–water partition coefficient (Wildman–Crippen LogP) is 2.44. The summed E-state index contributed by atoms with van der Waals surface area (Å²) in [7, 11) is 1.97. The fraction of sp³-hybridized carbons (Fsp3) is 0.231. The highest BCUT2D eigenvalue weighted by atomic mass is 15.2. The van der Waals surface area contributed by atoms with E-state index in [9.17, 15) is 0 Å². The first-order valence-corrected chi connectivity index (χ1v) is 5.47. The summed E-state index contributed by atoms with van der Waals surface area (Å²) < 4.78 is 0. The van der Waals surface area contributed by atoms with Crippen LogP contribution >= 0.6 is 0 Å². The summed E-state index contributed by atoms with van der Waals surface area (Å²) in [4.78, 5) is 10.1. The van der Waals surface area contributed by atoms with Gasteiger partial charge in [-0.1, -0.05) is 17.7 Å². The van der Waals surface area contributed by atoms with Crippen LogP contribution in [0.4, 0.5) is 17.5 Å². The second-order valence-electron chi connectivity index (χ2n) is 4.12. The SMILES string of the molecule is Cc1ccc(N(C)c2ccnc(N)n2)c(C)c1. The van der Waals surface area contributed by atoms with Gasteiger partial charge in [0.25, 0.3) is 0 Å². The van der Waals surface area contributed by atoms with Gasteiger partial charge in [0, 0.05) is 18.9 Å². The van der Waals surface area contributed by atoms with E-state index >= 15 is 0 Å². The molecule has 0 fully saturated rings. The summed E-state index contributed by atoms with van der Waals surface area (Å²) in [6.45, 7) is 4.17. The van der Waals surface area contributed by atoms with E-state index in [0.717, 1.165) is 11.5 Å². The lowest BCUT2D eigenvalue weighted by atomic mass is 10.1. The molecule has 88 valence electrons. The van der Waals surface area contributed by atoms with Gasteiger partial charge in [-0.15, -0.1) is 0 Å². The summed E-state index contributed by atoms with van der Waals surface area (Å²) in [6, 6.07) is 8.17. The second-order valence-corrected chi connectivity index (χ2v) is 4.12. The number of hydrogen-bond donors (Lipinski definition) is 1. The van der Waals surface area contributed by atoms with Crippen molar-refractivity contribution in [3.63, 3.8) is 0 Å². The Balaban J connectivity index is 2.40. The van der Waals surface area contributed by atoms with Crippen LogP contribution in [0.3, 0.4) is 0 Å². The van der Waals surface area contributed by atoms with E-state index in [0.29, 0.717) is 5.95 Å². The summed E-state index contributed by atoms with van der Waals surface area (Å²) in [5.74, 6) is 1.09. The summed E-state index contributed by atoms with van der Waals surface area (Å²) in [5, 5.41) is 0. The second kappa shape index (κ2) is 4.41. The third-order valence-electron chi connectivity index (χ3n) is 2.72. The Hall–Kier alpha value is -2.10. The fourth-order valence-corrected chi connectivity index (χ4v) is 1.86.